The Morgan fingerprint density at radius 3 is 2.52 bits per heavy atom. The van der Waals surface area contributed by atoms with Gasteiger partial charge in [-0.25, -0.2) is 17.9 Å². The number of para-hydroxylation sites is 2. The van der Waals surface area contributed by atoms with Crippen molar-refractivity contribution in [1.82, 2.24) is 9.78 Å². The number of aryl methyl sites for hydroxylation is 2. The molecule has 0 bridgehead atoms. The normalized spacial score (nSPS) is 11.3. The minimum Gasteiger partial charge on any atom is -0.462 e. The lowest BCUT2D eigenvalue weighted by Crippen LogP contribution is -2.16. The molecule has 0 spiro atoms. The highest BCUT2D eigenvalue weighted by Crippen LogP contribution is 2.28. The van der Waals surface area contributed by atoms with Crippen LogP contribution in [0.3, 0.4) is 0 Å². The highest BCUT2D eigenvalue weighted by atomic mass is 79.9. The van der Waals surface area contributed by atoms with E-state index in [-0.39, 0.29) is 21.5 Å². The Labute approximate surface area is 177 Å². The van der Waals surface area contributed by atoms with Crippen LogP contribution < -0.4 is 4.72 Å². The van der Waals surface area contributed by atoms with Gasteiger partial charge in [-0.15, -0.1) is 0 Å². The molecule has 0 atom stereocenters. The van der Waals surface area contributed by atoms with Crippen molar-refractivity contribution in [2.75, 3.05) is 11.3 Å². The van der Waals surface area contributed by atoms with E-state index >= 15 is 0 Å². The van der Waals surface area contributed by atoms with Gasteiger partial charge in [-0.3, -0.25) is 4.72 Å². The molecule has 0 saturated heterocycles. The lowest BCUT2D eigenvalue weighted by atomic mass is 10.2. The number of anilines is 1. The quantitative estimate of drug-likeness (QED) is 0.536. The lowest BCUT2D eigenvalue weighted by Gasteiger charge is -2.15. The summed E-state index contributed by atoms with van der Waals surface area (Å²) >= 11 is 3.25. The van der Waals surface area contributed by atoms with Crippen LogP contribution in [0.1, 0.15) is 28.7 Å². The van der Waals surface area contributed by atoms with E-state index in [0.717, 1.165) is 11.4 Å². The van der Waals surface area contributed by atoms with Gasteiger partial charge in [0.05, 0.1) is 29.2 Å². The van der Waals surface area contributed by atoms with Crippen molar-refractivity contribution in [2.45, 2.75) is 25.7 Å². The average molecular weight is 478 g/mol. The number of hydrogen-bond acceptors (Lipinski definition) is 5. The van der Waals surface area contributed by atoms with Crippen LogP contribution in [-0.2, 0) is 14.8 Å². The Balaban J connectivity index is 1.97. The maximum absolute atomic E-state index is 13.0. The number of rotatable bonds is 6. The minimum atomic E-state index is -3.93. The Kier molecular flexibility index (Phi) is 6.09. The van der Waals surface area contributed by atoms with Crippen LogP contribution in [0.2, 0.25) is 0 Å². The fourth-order valence-electron chi connectivity index (χ4n) is 2.88. The first kappa shape index (κ1) is 21.1. The van der Waals surface area contributed by atoms with Crippen LogP contribution in [-0.4, -0.2) is 30.8 Å². The summed E-state index contributed by atoms with van der Waals surface area (Å²) in [5.41, 5.74) is 2.98. The molecule has 0 fully saturated rings. The number of nitrogens with zero attached hydrogens (tertiary/aromatic N) is 2. The second-order valence-corrected chi connectivity index (χ2v) is 8.83. The van der Waals surface area contributed by atoms with Crippen molar-refractivity contribution in [1.29, 1.82) is 0 Å². The van der Waals surface area contributed by atoms with Gasteiger partial charge in [0.25, 0.3) is 10.0 Å². The van der Waals surface area contributed by atoms with Gasteiger partial charge in [0.2, 0.25) is 0 Å². The van der Waals surface area contributed by atoms with Crippen molar-refractivity contribution in [3.8, 4) is 5.69 Å². The predicted molar refractivity (Wildman–Crippen MR) is 114 cm³/mol. The van der Waals surface area contributed by atoms with Gasteiger partial charge in [-0.1, -0.05) is 12.1 Å². The highest BCUT2D eigenvalue weighted by molar-refractivity contribution is 9.10. The molecule has 1 heterocycles. The van der Waals surface area contributed by atoms with Crippen molar-refractivity contribution in [3.63, 3.8) is 0 Å². The van der Waals surface area contributed by atoms with E-state index in [1.165, 1.54) is 18.2 Å². The van der Waals surface area contributed by atoms with Crippen LogP contribution in [0.5, 0.6) is 0 Å². The van der Waals surface area contributed by atoms with E-state index in [2.05, 4.69) is 25.8 Å². The number of esters is 1. The van der Waals surface area contributed by atoms with Gasteiger partial charge in [-0.05, 0) is 73.1 Å². The summed E-state index contributed by atoms with van der Waals surface area (Å²) in [6, 6.07) is 13.1. The van der Waals surface area contributed by atoms with Crippen molar-refractivity contribution in [2.24, 2.45) is 0 Å². The molecule has 29 heavy (non-hydrogen) atoms. The van der Waals surface area contributed by atoms with E-state index in [1.54, 1.807) is 29.8 Å². The number of halogens is 1. The van der Waals surface area contributed by atoms with Gasteiger partial charge in [-0.2, -0.15) is 5.10 Å². The van der Waals surface area contributed by atoms with Gasteiger partial charge in [0.15, 0.2) is 0 Å². The number of carbonyl (C=O) groups is 1. The van der Waals surface area contributed by atoms with E-state index in [0.29, 0.717) is 11.4 Å². The molecule has 0 aliphatic carbocycles. The molecule has 2 aromatic carbocycles. The van der Waals surface area contributed by atoms with Crippen LogP contribution in [0, 0.1) is 13.8 Å². The minimum absolute atomic E-state index is 0.00807. The monoisotopic (exact) mass is 477 g/mol. The van der Waals surface area contributed by atoms with Crippen LogP contribution in [0.15, 0.2) is 57.9 Å². The topological polar surface area (TPSA) is 90.3 Å². The molecule has 9 heteroatoms. The predicted octanol–water partition coefficient (Wildman–Crippen LogP) is 4.23. The number of hydrogen-bond donors (Lipinski definition) is 1. The zero-order valence-electron chi connectivity index (χ0n) is 16.1. The third-order valence-electron chi connectivity index (χ3n) is 4.12. The van der Waals surface area contributed by atoms with Gasteiger partial charge in [0.1, 0.15) is 4.90 Å². The second-order valence-electron chi connectivity index (χ2n) is 6.33. The maximum atomic E-state index is 13.0. The molecule has 7 nitrogen and oxygen atoms in total. The molecule has 0 unspecified atom stereocenters. The standard InChI is InChI=1S/C20H20BrN3O4S/c1-4-28-20(25)15-9-10-19(16(21)12-15)29(26,27)23-17-7-5-6-8-18(17)24-14(3)11-13(2)22-24/h5-12,23H,4H2,1-3H3. The summed E-state index contributed by atoms with van der Waals surface area (Å²) < 4.78 is 35.5. The van der Waals surface area contributed by atoms with E-state index in [4.69, 9.17) is 4.74 Å². The zero-order valence-corrected chi connectivity index (χ0v) is 18.5. The largest absolute Gasteiger partial charge is 0.462 e. The first-order valence-electron chi connectivity index (χ1n) is 8.85. The molecule has 3 aromatic rings. The van der Waals surface area contributed by atoms with Gasteiger partial charge < -0.3 is 4.74 Å². The van der Waals surface area contributed by atoms with Gasteiger partial charge in [0, 0.05) is 10.2 Å². The van der Waals surface area contributed by atoms with E-state index in [9.17, 15) is 13.2 Å². The molecule has 1 aromatic heterocycles. The Morgan fingerprint density at radius 2 is 1.90 bits per heavy atom. The zero-order chi connectivity index (χ0) is 21.2. The van der Waals surface area contributed by atoms with Crippen molar-refractivity contribution in [3.05, 3.63) is 70.0 Å². The summed E-state index contributed by atoms with van der Waals surface area (Å²) in [6.07, 6.45) is 0. The Hall–Kier alpha value is -2.65. The van der Waals surface area contributed by atoms with E-state index in [1.807, 2.05) is 26.0 Å². The molecule has 0 saturated carbocycles. The number of aromatic nitrogens is 2. The van der Waals surface area contributed by atoms with Gasteiger partial charge >= 0.3 is 5.97 Å². The molecule has 0 amide bonds. The molecular formula is C20H20BrN3O4S. The molecular weight excluding hydrogens is 458 g/mol. The molecule has 3 rings (SSSR count). The first-order valence-corrected chi connectivity index (χ1v) is 11.1. The SMILES string of the molecule is CCOC(=O)c1ccc(S(=O)(=O)Nc2ccccc2-n2nc(C)cc2C)c(Br)c1. The number of sulfonamides is 1. The number of ether oxygens (including phenoxy) is 1. The average Bonchev–Trinajstić information content (AvgIpc) is 2.99. The Bertz CT molecular complexity index is 1170. The number of nitrogens with one attached hydrogen (secondary N) is 1. The van der Waals surface area contributed by atoms with Crippen LogP contribution in [0.4, 0.5) is 5.69 Å². The fourth-order valence-corrected chi connectivity index (χ4v) is 5.03. The third kappa shape index (κ3) is 4.51. The van der Waals surface area contributed by atoms with Crippen molar-refractivity contribution < 1.29 is 17.9 Å². The smallest absolute Gasteiger partial charge is 0.338 e. The van der Waals surface area contributed by atoms with E-state index < -0.39 is 16.0 Å². The highest BCUT2D eigenvalue weighted by Gasteiger charge is 2.21. The molecule has 0 aliphatic heterocycles. The second kappa shape index (κ2) is 8.38. The third-order valence-corrected chi connectivity index (χ3v) is 6.46. The maximum Gasteiger partial charge on any atom is 0.338 e. The van der Waals surface area contributed by atoms with Crippen molar-refractivity contribution >= 4 is 37.6 Å². The fraction of sp³-hybridized carbons (Fsp3) is 0.200. The summed E-state index contributed by atoms with van der Waals surface area (Å²) in [4.78, 5) is 11.9. The summed E-state index contributed by atoms with van der Waals surface area (Å²) in [7, 11) is -3.93. The number of carbonyl (C=O) groups excluding carboxylic acids is 1. The number of benzene rings is 2. The summed E-state index contributed by atoms with van der Waals surface area (Å²) in [5, 5.41) is 4.43. The summed E-state index contributed by atoms with van der Waals surface area (Å²) in [5.74, 6) is -0.514. The Morgan fingerprint density at radius 1 is 1.17 bits per heavy atom. The van der Waals surface area contributed by atoms with Crippen LogP contribution >= 0.6 is 15.9 Å². The molecule has 0 aliphatic rings. The summed E-state index contributed by atoms with van der Waals surface area (Å²) in [6.45, 7) is 5.71. The molecule has 1 N–H and O–H groups in total. The van der Waals surface area contributed by atoms with Crippen LogP contribution in [0.25, 0.3) is 5.69 Å². The molecule has 0 radical (unpaired) electrons. The lowest BCUT2D eigenvalue weighted by molar-refractivity contribution is 0.0526. The first-order chi connectivity index (χ1) is 13.7. The molecule has 152 valence electrons.